The third-order valence-corrected chi connectivity index (χ3v) is 24.9. The first kappa shape index (κ1) is 70.7. The van der Waals surface area contributed by atoms with Crippen LogP contribution in [0.5, 0.6) is 23.0 Å². The maximum absolute atomic E-state index is 7.23. The van der Waals surface area contributed by atoms with E-state index < -0.39 is 0 Å². The summed E-state index contributed by atoms with van der Waals surface area (Å²) in [5.41, 5.74) is 20.0. The van der Waals surface area contributed by atoms with E-state index in [2.05, 4.69) is 137 Å². The Bertz CT molecular complexity index is 4030. The van der Waals surface area contributed by atoms with Gasteiger partial charge in [0.2, 0.25) is 13.4 Å². The Morgan fingerprint density at radius 2 is 0.402 bits per heavy atom. The number of benzene rings is 10. The molecule has 0 radical (unpaired) electrons. The van der Waals surface area contributed by atoms with Crippen molar-refractivity contribution in [2.24, 2.45) is 0 Å². The van der Waals surface area contributed by atoms with Crippen LogP contribution in [0.2, 0.25) is 0 Å². The molecule has 532 valence electrons. The lowest BCUT2D eigenvalue weighted by Crippen LogP contribution is -2.79. The molecule has 10 aromatic carbocycles. The molecule has 0 atom stereocenters. The summed E-state index contributed by atoms with van der Waals surface area (Å²) in [4.78, 5) is 0. The van der Waals surface area contributed by atoms with E-state index in [0.29, 0.717) is 0 Å². The minimum Gasteiger partial charge on any atom is -0.493 e. The van der Waals surface area contributed by atoms with Gasteiger partial charge < -0.3 is 18.9 Å². The second-order valence-corrected chi connectivity index (χ2v) is 31.9. The quantitative estimate of drug-likeness (QED) is 0.0216. The Hall–Kier alpha value is -6.91. The van der Waals surface area contributed by atoms with Crippen molar-refractivity contribution >= 4 is 111 Å². The minimum absolute atomic E-state index is 0.0197. The molecule has 0 saturated carbocycles. The summed E-state index contributed by atoms with van der Waals surface area (Å²) >= 11 is 0. The summed E-state index contributed by atoms with van der Waals surface area (Å²) in [5, 5.41) is 15.8. The molecule has 0 aliphatic carbocycles. The Labute approximate surface area is 613 Å². The van der Waals surface area contributed by atoms with Crippen LogP contribution < -0.4 is 51.7 Å². The molecule has 6 heteroatoms. The molecule has 10 aromatic rings. The van der Waals surface area contributed by atoms with E-state index in [1.807, 2.05) is 0 Å². The van der Waals surface area contributed by atoms with Gasteiger partial charge in [-0.1, -0.05) is 364 Å². The van der Waals surface area contributed by atoms with Crippen molar-refractivity contribution in [1.29, 1.82) is 0 Å². The van der Waals surface area contributed by atoms with Gasteiger partial charge in [0.25, 0.3) is 0 Å². The summed E-state index contributed by atoms with van der Waals surface area (Å²) in [6.07, 6.45) is 52.2. The number of hydrogen-bond donors (Lipinski definition) is 0. The lowest BCUT2D eigenvalue weighted by molar-refractivity contribution is 0.307. The van der Waals surface area contributed by atoms with Gasteiger partial charge >= 0.3 is 0 Å². The average Bonchev–Trinajstić information content (AvgIpc) is 0.640. The molecule has 4 nitrogen and oxygen atoms in total. The van der Waals surface area contributed by atoms with E-state index in [-0.39, 0.29) is 13.4 Å². The lowest BCUT2D eigenvalue weighted by Gasteiger charge is -2.47. The molecular weight excluding hydrogens is 1240 g/mol. The molecule has 0 fully saturated rings. The van der Waals surface area contributed by atoms with Crippen molar-refractivity contribution in [3.8, 4) is 67.5 Å². The van der Waals surface area contributed by atoms with Gasteiger partial charge in [-0.25, -0.2) is 0 Å². The molecule has 0 aromatic heterocycles. The summed E-state index contributed by atoms with van der Waals surface area (Å²) in [6.45, 7) is 12.1. The van der Waals surface area contributed by atoms with Gasteiger partial charge in [0.05, 0.1) is 26.4 Å². The Balaban J connectivity index is 0.873. The molecule has 0 amide bonds. The maximum atomic E-state index is 7.23. The molecule has 5 heterocycles. The average molecular weight is 1360 g/mol. The largest absolute Gasteiger partial charge is 0.493 e. The van der Waals surface area contributed by atoms with Gasteiger partial charge in [-0.2, -0.15) is 0 Å². The van der Waals surface area contributed by atoms with Gasteiger partial charge in [0, 0.05) is 21.5 Å². The fraction of sp³-hybridized carbons (Fsp3) is 0.500. The van der Waals surface area contributed by atoms with Crippen LogP contribution in [0.3, 0.4) is 0 Å². The summed E-state index contributed by atoms with van der Waals surface area (Å²) in [6, 6.07) is 43.6. The standard InChI is InChI=1S/C96H118B2O4/c1-5-9-13-17-21-25-29-33-37-45-61-99-79-57-53-71-83-67-49-41-42-50-68(67)85-73-55-59-81(101-63-47-39-35-31-27-23-19-15-11-7-3)77-66-78-82(102-64-48-40-36-32-28-24-20-16-12-8-4)60-56-74-86-70-52-44-43-51-69(70)84-72-54-58-80(100-62-46-38-34-30-26-22-18-14-10-6-2)76-65-75(79)87(71)91(88(72)76)97-93(83)95(85)98(96(86)94(84)97)92(89(73)77)90(74)78/h41-44,49-60,65-66H,5-40,45-48,61-64H2,1-4H3. The molecule has 0 spiro atoms. The van der Waals surface area contributed by atoms with Crippen LogP contribution in [0.1, 0.15) is 285 Å². The predicted molar refractivity (Wildman–Crippen MR) is 445 cm³/mol. The van der Waals surface area contributed by atoms with Crippen LogP contribution in [0.25, 0.3) is 109 Å². The molecule has 5 aliphatic rings. The first-order valence-corrected chi connectivity index (χ1v) is 42.5. The molecule has 102 heavy (non-hydrogen) atoms. The van der Waals surface area contributed by atoms with Crippen molar-refractivity contribution in [2.75, 3.05) is 26.4 Å². The number of fused-ring (bicyclic) bond motifs is 10. The second-order valence-electron chi connectivity index (χ2n) is 31.9. The highest BCUT2D eigenvalue weighted by molar-refractivity contribution is 7.17. The second kappa shape index (κ2) is 33.9. The minimum atomic E-state index is -0.0197. The zero-order chi connectivity index (χ0) is 69.1. The fourth-order valence-corrected chi connectivity index (χ4v) is 19.9. The maximum Gasteiger partial charge on any atom is 0.243 e. The van der Waals surface area contributed by atoms with Gasteiger partial charge in [-0.15, -0.1) is 0 Å². The topological polar surface area (TPSA) is 36.9 Å². The van der Waals surface area contributed by atoms with Gasteiger partial charge in [-0.05, 0) is 150 Å². The molecule has 15 rings (SSSR count). The van der Waals surface area contributed by atoms with Crippen LogP contribution in [-0.2, 0) is 0 Å². The predicted octanol–water partition coefficient (Wildman–Crippen LogP) is 25.1. The lowest BCUT2D eigenvalue weighted by atomic mass is 9.16. The zero-order valence-corrected chi connectivity index (χ0v) is 63.3. The van der Waals surface area contributed by atoms with Crippen LogP contribution in [0.15, 0.2) is 109 Å². The molecule has 0 saturated heterocycles. The van der Waals surface area contributed by atoms with E-state index in [0.717, 1.165) is 75.1 Å². The highest BCUT2D eigenvalue weighted by Crippen LogP contribution is 2.54. The van der Waals surface area contributed by atoms with Crippen LogP contribution in [-0.4, -0.2) is 39.9 Å². The summed E-state index contributed by atoms with van der Waals surface area (Å²) in [5.74, 6) is 4.03. The highest BCUT2D eigenvalue weighted by Gasteiger charge is 2.54. The number of hydrogen-bond acceptors (Lipinski definition) is 4. The van der Waals surface area contributed by atoms with Gasteiger partial charge in [0.1, 0.15) is 23.0 Å². The van der Waals surface area contributed by atoms with Gasteiger partial charge in [0.15, 0.2) is 0 Å². The Morgan fingerprint density at radius 1 is 0.206 bits per heavy atom. The summed E-state index contributed by atoms with van der Waals surface area (Å²) < 4.78 is 28.9. The van der Waals surface area contributed by atoms with Crippen molar-refractivity contribution in [2.45, 2.75) is 285 Å². The summed E-state index contributed by atoms with van der Waals surface area (Å²) in [7, 11) is 0. The third kappa shape index (κ3) is 13.8. The molecule has 0 unspecified atom stereocenters. The molecular formula is C96H118B2O4. The van der Waals surface area contributed by atoms with Crippen LogP contribution in [0, 0.1) is 0 Å². The highest BCUT2D eigenvalue weighted by atomic mass is 16.5. The van der Waals surface area contributed by atoms with E-state index in [1.165, 1.54) is 373 Å². The molecule has 5 aliphatic heterocycles. The Kier molecular flexibility index (Phi) is 23.5. The van der Waals surface area contributed by atoms with Crippen LogP contribution in [0.4, 0.5) is 0 Å². The Morgan fingerprint density at radius 3 is 0.608 bits per heavy atom. The van der Waals surface area contributed by atoms with E-state index in [1.54, 1.807) is 0 Å². The smallest absolute Gasteiger partial charge is 0.243 e. The van der Waals surface area contributed by atoms with Crippen molar-refractivity contribution < 1.29 is 18.9 Å². The van der Waals surface area contributed by atoms with Crippen molar-refractivity contribution in [3.05, 3.63) is 109 Å². The van der Waals surface area contributed by atoms with E-state index in [9.17, 15) is 0 Å². The number of unbranched alkanes of at least 4 members (excludes halogenated alkanes) is 36. The van der Waals surface area contributed by atoms with Gasteiger partial charge in [-0.3, -0.25) is 0 Å². The number of ether oxygens (including phenoxy) is 4. The molecule has 0 bridgehead atoms. The zero-order valence-electron chi connectivity index (χ0n) is 63.3. The van der Waals surface area contributed by atoms with Crippen molar-refractivity contribution in [3.63, 3.8) is 0 Å². The normalized spacial score (nSPS) is 13.0. The van der Waals surface area contributed by atoms with Crippen molar-refractivity contribution in [1.82, 2.24) is 0 Å². The van der Waals surface area contributed by atoms with Crippen LogP contribution >= 0.6 is 0 Å². The number of rotatable bonds is 48. The van der Waals surface area contributed by atoms with E-state index in [4.69, 9.17) is 18.9 Å². The molecule has 0 N–H and O–H groups in total. The van der Waals surface area contributed by atoms with E-state index >= 15 is 0 Å². The third-order valence-electron chi connectivity index (χ3n) is 24.9. The first-order valence-electron chi connectivity index (χ1n) is 42.5. The SMILES string of the molecule is CCCCCCCCCCCCOc1ccc2c3c4c5c(ccc(OCCCCCCCCCCCC)c5cc13)-c1c3c5c(c6ccccc16)-c1ccc(OCCCCCCCCCCCC)c6cc7c(OCCCCCCCCCCCC)ccc8c7c(c16)B5c1c(c-2c2ccccc2c1-8)B34. The first-order chi connectivity index (χ1) is 50.7. The fourth-order valence-electron chi connectivity index (χ4n) is 19.9. The monoisotopic (exact) mass is 1360 g/mol.